The molecule has 0 spiro atoms. The summed E-state index contributed by atoms with van der Waals surface area (Å²) in [5, 5.41) is 0. The maximum Gasteiger partial charge on any atom is 0.0582 e. The Kier molecular flexibility index (Phi) is 4.04. The minimum absolute atomic E-state index is 0.621. The molecular formula is C19H33NO. The molecule has 120 valence electrons. The number of nitrogens with zero attached hydrogens (tertiary/aromatic N) is 1. The molecule has 0 N–H and O–H groups in total. The van der Waals surface area contributed by atoms with Crippen LogP contribution in [0.15, 0.2) is 0 Å². The highest BCUT2D eigenvalue weighted by molar-refractivity contribution is 4.98. The second kappa shape index (κ2) is 5.85. The van der Waals surface area contributed by atoms with E-state index in [2.05, 4.69) is 18.9 Å². The molecule has 4 heterocycles. The highest BCUT2D eigenvalue weighted by Gasteiger charge is 2.43. The normalized spacial score (nSPS) is 47.1. The van der Waals surface area contributed by atoms with E-state index in [-0.39, 0.29) is 0 Å². The lowest BCUT2D eigenvalue weighted by molar-refractivity contribution is -0.0318. The predicted molar refractivity (Wildman–Crippen MR) is 86.3 cm³/mol. The van der Waals surface area contributed by atoms with Gasteiger partial charge < -0.3 is 9.64 Å². The van der Waals surface area contributed by atoms with Crippen LogP contribution in [-0.2, 0) is 4.74 Å². The molecule has 4 fully saturated rings. The molecular weight excluding hydrogens is 258 g/mol. The first-order valence-electron chi connectivity index (χ1n) is 9.58. The van der Waals surface area contributed by atoms with Gasteiger partial charge in [0.25, 0.3) is 0 Å². The highest BCUT2D eigenvalue weighted by atomic mass is 16.5. The summed E-state index contributed by atoms with van der Waals surface area (Å²) >= 11 is 0. The molecule has 6 atom stereocenters. The van der Waals surface area contributed by atoms with Gasteiger partial charge in [0.15, 0.2) is 0 Å². The van der Waals surface area contributed by atoms with E-state index in [1.54, 1.807) is 0 Å². The van der Waals surface area contributed by atoms with Crippen molar-refractivity contribution in [2.24, 2.45) is 17.8 Å². The SMILES string of the molecule is CC(CCCC1CC2CCC1N2C)C1CC2CCC(C1)O2. The zero-order valence-electron chi connectivity index (χ0n) is 14.0. The Bertz CT molecular complexity index is 359. The third kappa shape index (κ3) is 2.79. The molecule has 4 aliphatic heterocycles. The van der Waals surface area contributed by atoms with Crippen molar-refractivity contribution in [2.75, 3.05) is 7.05 Å². The van der Waals surface area contributed by atoms with E-state index in [1.165, 1.54) is 64.2 Å². The van der Waals surface area contributed by atoms with Gasteiger partial charge in [-0.1, -0.05) is 19.8 Å². The zero-order chi connectivity index (χ0) is 14.4. The van der Waals surface area contributed by atoms with Crippen LogP contribution in [0, 0.1) is 17.8 Å². The van der Waals surface area contributed by atoms with Gasteiger partial charge in [-0.05, 0) is 76.2 Å². The third-order valence-corrected chi connectivity index (χ3v) is 7.38. The summed E-state index contributed by atoms with van der Waals surface area (Å²) < 4.78 is 6.00. The van der Waals surface area contributed by atoms with E-state index in [1.807, 2.05) is 0 Å². The standard InChI is InChI=1S/C19H33NO/c1-13(15-11-17-7-8-18(12-15)21-17)4-3-5-14-10-16-6-9-19(14)20(16)2/h13-19H,3-12H2,1-2H3. The molecule has 21 heavy (non-hydrogen) atoms. The third-order valence-electron chi connectivity index (χ3n) is 7.38. The summed E-state index contributed by atoms with van der Waals surface area (Å²) in [6, 6.07) is 1.87. The Balaban J connectivity index is 1.21. The predicted octanol–water partition coefficient (Wildman–Crippen LogP) is 4.23. The maximum atomic E-state index is 6.00. The van der Waals surface area contributed by atoms with Gasteiger partial charge in [0.05, 0.1) is 12.2 Å². The van der Waals surface area contributed by atoms with E-state index in [0.29, 0.717) is 12.2 Å². The van der Waals surface area contributed by atoms with Crippen LogP contribution in [0.4, 0.5) is 0 Å². The monoisotopic (exact) mass is 291 g/mol. The van der Waals surface area contributed by atoms with E-state index in [4.69, 9.17) is 4.74 Å². The van der Waals surface area contributed by atoms with Crippen LogP contribution in [-0.4, -0.2) is 36.2 Å². The summed E-state index contributed by atoms with van der Waals surface area (Å²) in [6.07, 6.45) is 15.5. The van der Waals surface area contributed by atoms with Crippen LogP contribution in [0.3, 0.4) is 0 Å². The lowest BCUT2D eigenvalue weighted by Gasteiger charge is -2.33. The van der Waals surface area contributed by atoms with Gasteiger partial charge in [-0.25, -0.2) is 0 Å². The van der Waals surface area contributed by atoms with Gasteiger partial charge in [-0.2, -0.15) is 0 Å². The summed E-state index contributed by atoms with van der Waals surface area (Å²) in [5.41, 5.74) is 0. The number of ether oxygens (including phenoxy) is 1. The van der Waals surface area contributed by atoms with E-state index < -0.39 is 0 Å². The van der Waals surface area contributed by atoms with Crippen molar-refractivity contribution in [3.05, 3.63) is 0 Å². The Labute approximate surface area is 130 Å². The summed E-state index contributed by atoms with van der Waals surface area (Å²) in [5.74, 6) is 2.90. The molecule has 0 amide bonds. The minimum atomic E-state index is 0.621. The Morgan fingerprint density at radius 2 is 1.81 bits per heavy atom. The van der Waals surface area contributed by atoms with Crippen LogP contribution in [0.25, 0.3) is 0 Å². The van der Waals surface area contributed by atoms with Crippen molar-refractivity contribution in [1.82, 2.24) is 4.90 Å². The smallest absolute Gasteiger partial charge is 0.0582 e. The van der Waals surface area contributed by atoms with Crippen LogP contribution in [0.1, 0.15) is 71.1 Å². The molecule has 0 aliphatic carbocycles. The number of fused-ring (bicyclic) bond motifs is 4. The Morgan fingerprint density at radius 3 is 2.43 bits per heavy atom. The van der Waals surface area contributed by atoms with Crippen LogP contribution in [0.2, 0.25) is 0 Å². The van der Waals surface area contributed by atoms with Gasteiger partial charge in [0.2, 0.25) is 0 Å². The molecule has 2 nitrogen and oxygen atoms in total. The summed E-state index contributed by atoms with van der Waals surface area (Å²) in [4.78, 5) is 2.68. The summed E-state index contributed by atoms with van der Waals surface area (Å²) in [6.45, 7) is 2.52. The average Bonchev–Trinajstić information content (AvgIpc) is 3.11. The zero-order valence-corrected chi connectivity index (χ0v) is 14.0. The average molecular weight is 291 g/mol. The first kappa shape index (κ1) is 14.5. The van der Waals surface area contributed by atoms with Crippen molar-refractivity contribution < 1.29 is 4.74 Å². The number of hydrogen-bond donors (Lipinski definition) is 0. The molecule has 0 aromatic heterocycles. The number of hydrogen-bond acceptors (Lipinski definition) is 2. The largest absolute Gasteiger partial charge is 0.375 e. The minimum Gasteiger partial charge on any atom is -0.375 e. The van der Waals surface area contributed by atoms with Gasteiger partial charge in [-0.15, -0.1) is 0 Å². The molecule has 4 saturated heterocycles. The van der Waals surface area contributed by atoms with E-state index in [0.717, 1.165) is 29.8 Å². The molecule has 4 aliphatic rings. The molecule has 0 saturated carbocycles. The van der Waals surface area contributed by atoms with Gasteiger partial charge in [0, 0.05) is 12.1 Å². The fraction of sp³-hybridized carbons (Fsp3) is 1.00. The first-order valence-corrected chi connectivity index (χ1v) is 9.58. The van der Waals surface area contributed by atoms with Crippen LogP contribution in [0.5, 0.6) is 0 Å². The quantitative estimate of drug-likeness (QED) is 0.751. The molecule has 0 aromatic carbocycles. The topological polar surface area (TPSA) is 12.5 Å². The Hall–Kier alpha value is -0.0800. The van der Waals surface area contributed by atoms with Crippen LogP contribution < -0.4 is 0 Å². The van der Waals surface area contributed by atoms with Gasteiger partial charge >= 0.3 is 0 Å². The molecule has 0 aromatic rings. The lowest BCUT2D eigenvalue weighted by atomic mass is 9.80. The van der Waals surface area contributed by atoms with Gasteiger partial charge in [0.1, 0.15) is 0 Å². The molecule has 2 heteroatoms. The van der Waals surface area contributed by atoms with Crippen molar-refractivity contribution in [3.8, 4) is 0 Å². The fourth-order valence-electron chi connectivity index (χ4n) is 6.01. The molecule has 4 bridgehead atoms. The highest BCUT2D eigenvalue weighted by Crippen LogP contribution is 2.44. The molecule has 0 radical (unpaired) electrons. The second-order valence-corrected chi connectivity index (χ2v) is 8.56. The van der Waals surface area contributed by atoms with Gasteiger partial charge in [-0.3, -0.25) is 0 Å². The second-order valence-electron chi connectivity index (χ2n) is 8.56. The first-order chi connectivity index (χ1) is 10.2. The van der Waals surface area contributed by atoms with E-state index >= 15 is 0 Å². The maximum absolute atomic E-state index is 6.00. The van der Waals surface area contributed by atoms with Crippen LogP contribution >= 0.6 is 0 Å². The van der Waals surface area contributed by atoms with Crippen molar-refractivity contribution in [1.29, 1.82) is 0 Å². The fourth-order valence-corrected chi connectivity index (χ4v) is 6.01. The molecule has 6 unspecified atom stereocenters. The van der Waals surface area contributed by atoms with E-state index in [9.17, 15) is 0 Å². The van der Waals surface area contributed by atoms with Crippen molar-refractivity contribution in [3.63, 3.8) is 0 Å². The van der Waals surface area contributed by atoms with Crippen molar-refractivity contribution >= 4 is 0 Å². The Morgan fingerprint density at radius 1 is 1.05 bits per heavy atom. The summed E-state index contributed by atoms with van der Waals surface area (Å²) in [7, 11) is 2.36. The lowest BCUT2D eigenvalue weighted by Crippen LogP contribution is -2.29. The molecule has 4 rings (SSSR count). The van der Waals surface area contributed by atoms with Crippen molar-refractivity contribution in [2.45, 2.75) is 95.4 Å². The number of rotatable bonds is 5.